The zero-order valence-corrected chi connectivity index (χ0v) is 10.8. The van der Waals surface area contributed by atoms with Crippen LogP contribution in [0.5, 0.6) is 5.88 Å². The third-order valence-electron chi connectivity index (χ3n) is 2.28. The molecular weight excluding hydrogens is 218 g/mol. The molecule has 1 heterocycles. The zero-order valence-electron chi connectivity index (χ0n) is 10.8. The van der Waals surface area contributed by atoms with E-state index in [-0.39, 0.29) is 0 Å². The first kappa shape index (κ1) is 13.7. The highest BCUT2D eigenvalue weighted by Gasteiger charge is 2.04. The third-order valence-corrected chi connectivity index (χ3v) is 2.28. The number of nitrogens with one attached hydrogen (secondary N) is 1. The number of hydrogen-bond donors (Lipinski definition) is 1. The van der Waals surface area contributed by atoms with E-state index in [0.717, 1.165) is 12.2 Å². The third kappa shape index (κ3) is 4.99. The Balaban J connectivity index is 2.59. The molecule has 1 N–H and O–H groups in total. The van der Waals surface area contributed by atoms with Crippen molar-refractivity contribution in [2.45, 2.75) is 32.8 Å². The first-order valence-corrected chi connectivity index (χ1v) is 5.97. The van der Waals surface area contributed by atoms with E-state index in [1.54, 1.807) is 13.2 Å². The second-order valence-corrected chi connectivity index (χ2v) is 3.75. The van der Waals surface area contributed by atoms with Crippen molar-refractivity contribution >= 4 is 5.82 Å². The van der Waals surface area contributed by atoms with Crippen molar-refractivity contribution in [3.63, 3.8) is 0 Å². The Kier molecular flexibility index (Phi) is 6.32. The Hall–Kier alpha value is -1.36. The average Bonchev–Trinajstić information content (AvgIpc) is 2.35. The normalized spacial score (nSPS) is 10.3. The molecule has 0 radical (unpaired) electrons. The molecule has 0 fully saturated rings. The number of hydrogen-bond acceptors (Lipinski definition) is 5. The van der Waals surface area contributed by atoms with Crippen LogP contribution >= 0.6 is 0 Å². The Morgan fingerprint density at radius 1 is 1.29 bits per heavy atom. The molecule has 0 spiro atoms. The van der Waals surface area contributed by atoms with E-state index in [2.05, 4.69) is 22.2 Å². The summed E-state index contributed by atoms with van der Waals surface area (Å²) in [6.45, 7) is 3.25. The van der Waals surface area contributed by atoms with Crippen molar-refractivity contribution in [2.24, 2.45) is 0 Å². The fraction of sp³-hybridized carbons (Fsp3) is 0.667. The molecule has 0 aliphatic heterocycles. The molecule has 0 bridgehead atoms. The molecule has 96 valence electrons. The van der Waals surface area contributed by atoms with Crippen molar-refractivity contribution in [3.8, 4) is 5.88 Å². The minimum atomic E-state index is 0.390. The summed E-state index contributed by atoms with van der Waals surface area (Å²) in [5.41, 5.74) is 0. The fourth-order valence-electron chi connectivity index (χ4n) is 1.40. The van der Waals surface area contributed by atoms with Gasteiger partial charge >= 0.3 is 0 Å². The molecule has 0 aliphatic carbocycles. The highest BCUT2D eigenvalue weighted by molar-refractivity contribution is 5.37. The van der Waals surface area contributed by atoms with Gasteiger partial charge in [-0.15, -0.1) is 0 Å². The highest BCUT2D eigenvalue weighted by Crippen LogP contribution is 2.14. The summed E-state index contributed by atoms with van der Waals surface area (Å²) in [5.74, 6) is 1.98. The number of methoxy groups -OCH3 is 1. The summed E-state index contributed by atoms with van der Waals surface area (Å²) in [6, 6.07) is 1.80. The number of anilines is 1. The monoisotopic (exact) mass is 239 g/mol. The largest absolute Gasteiger partial charge is 0.478 e. The lowest BCUT2D eigenvalue weighted by atomic mass is 10.3. The topological polar surface area (TPSA) is 56.3 Å². The van der Waals surface area contributed by atoms with Crippen LogP contribution in [0.4, 0.5) is 5.82 Å². The maximum absolute atomic E-state index is 5.59. The molecule has 0 saturated carbocycles. The molecule has 1 rings (SSSR count). The number of unbranched alkanes of at least 4 members (excludes halogenated alkanes) is 2. The van der Waals surface area contributed by atoms with Crippen LogP contribution < -0.4 is 10.1 Å². The van der Waals surface area contributed by atoms with Gasteiger partial charge in [0.1, 0.15) is 12.4 Å². The van der Waals surface area contributed by atoms with Crippen LogP contribution in [0.25, 0.3) is 0 Å². The standard InChI is InChI=1S/C12H21N3O2/c1-4-5-6-7-17-12-8-10(13-2)14-11(15-12)9-16-3/h8H,4-7,9H2,1-3H3,(H,13,14,15). The van der Waals surface area contributed by atoms with E-state index in [1.807, 2.05) is 7.05 Å². The summed E-state index contributed by atoms with van der Waals surface area (Å²) in [6.07, 6.45) is 3.41. The maximum Gasteiger partial charge on any atom is 0.218 e. The lowest BCUT2D eigenvalue weighted by Crippen LogP contribution is -2.05. The number of rotatable bonds is 8. The number of aromatic nitrogens is 2. The van der Waals surface area contributed by atoms with Gasteiger partial charge in [0.15, 0.2) is 5.82 Å². The quantitative estimate of drug-likeness (QED) is 0.705. The van der Waals surface area contributed by atoms with Crippen LogP contribution in [-0.4, -0.2) is 30.7 Å². The lowest BCUT2D eigenvalue weighted by molar-refractivity contribution is 0.176. The van der Waals surface area contributed by atoms with Gasteiger partial charge < -0.3 is 14.8 Å². The summed E-state index contributed by atoms with van der Waals surface area (Å²) in [5, 5.41) is 2.98. The zero-order chi connectivity index (χ0) is 12.5. The van der Waals surface area contributed by atoms with E-state index in [1.165, 1.54) is 12.8 Å². The summed E-state index contributed by atoms with van der Waals surface area (Å²) < 4.78 is 10.6. The lowest BCUT2D eigenvalue weighted by Gasteiger charge is -2.08. The van der Waals surface area contributed by atoms with Crippen LogP contribution in [-0.2, 0) is 11.3 Å². The predicted molar refractivity (Wildman–Crippen MR) is 67.3 cm³/mol. The molecule has 0 unspecified atom stereocenters. The summed E-state index contributed by atoms with van der Waals surface area (Å²) >= 11 is 0. The van der Waals surface area contributed by atoms with Crippen LogP contribution in [0.2, 0.25) is 0 Å². The number of ether oxygens (including phenoxy) is 2. The molecule has 0 atom stereocenters. The smallest absolute Gasteiger partial charge is 0.218 e. The van der Waals surface area contributed by atoms with E-state index in [9.17, 15) is 0 Å². The Morgan fingerprint density at radius 3 is 2.76 bits per heavy atom. The molecule has 5 nitrogen and oxygen atoms in total. The molecule has 1 aromatic heterocycles. The predicted octanol–water partition coefficient (Wildman–Crippen LogP) is 2.23. The van der Waals surface area contributed by atoms with E-state index in [4.69, 9.17) is 9.47 Å². The Bertz CT molecular complexity index is 332. The minimum Gasteiger partial charge on any atom is -0.478 e. The molecule has 1 aromatic rings. The van der Waals surface area contributed by atoms with Gasteiger partial charge in [-0.1, -0.05) is 19.8 Å². The van der Waals surface area contributed by atoms with Crippen LogP contribution in [0.3, 0.4) is 0 Å². The van der Waals surface area contributed by atoms with Crippen LogP contribution in [0.15, 0.2) is 6.07 Å². The van der Waals surface area contributed by atoms with Gasteiger partial charge in [-0.25, -0.2) is 4.98 Å². The van der Waals surface area contributed by atoms with Crippen molar-refractivity contribution in [1.29, 1.82) is 0 Å². The van der Waals surface area contributed by atoms with Gasteiger partial charge in [0.05, 0.1) is 6.61 Å². The Labute approximate surface area is 103 Å². The van der Waals surface area contributed by atoms with Gasteiger partial charge in [0.2, 0.25) is 5.88 Å². The van der Waals surface area contributed by atoms with Crippen molar-refractivity contribution < 1.29 is 9.47 Å². The maximum atomic E-state index is 5.59. The molecule has 0 aromatic carbocycles. The van der Waals surface area contributed by atoms with Gasteiger partial charge in [-0.05, 0) is 6.42 Å². The van der Waals surface area contributed by atoms with Gasteiger partial charge in [-0.2, -0.15) is 4.98 Å². The number of nitrogens with zero attached hydrogens (tertiary/aromatic N) is 2. The van der Waals surface area contributed by atoms with Crippen molar-refractivity contribution in [3.05, 3.63) is 11.9 Å². The van der Waals surface area contributed by atoms with Gasteiger partial charge in [0, 0.05) is 20.2 Å². The molecule has 5 heteroatoms. The first-order chi connectivity index (χ1) is 8.30. The van der Waals surface area contributed by atoms with Crippen LogP contribution in [0.1, 0.15) is 32.0 Å². The van der Waals surface area contributed by atoms with Crippen molar-refractivity contribution in [1.82, 2.24) is 9.97 Å². The van der Waals surface area contributed by atoms with E-state index >= 15 is 0 Å². The second-order valence-electron chi connectivity index (χ2n) is 3.75. The first-order valence-electron chi connectivity index (χ1n) is 5.97. The van der Waals surface area contributed by atoms with E-state index < -0.39 is 0 Å². The van der Waals surface area contributed by atoms with Gasteiger partial charge in [-0.3, -0.25) is 0 Å². The molecule has 0 saturated heterocycles. The van der Waals surface area contributed by atoms with E-state index in [0.29, 0.717) is 24.9 Å². The molecule has 0 amide bonds. The second kappa shape index (κ2) is 7.84. The van der Waals surface area contributed by atoms with Crippen molar-refractivity contribution in [2.75, 3.05) is 26.1 Å². The summed E-state index contributed by atoms with van der Waals surface area (Å²) in [4.78, 5) is 8.53. The molecule has 0 aliphatic rings. The van der Waals surface area contributed by atoms with Crippen LogP contribution in [0, 0.1) is 0 Å². The Morgan fingerprint density at radius 2 is 2.12 bits per heavy atom. The minimum absolute atomic E-state index is 0.390. The molecular formula is C12H21N3O2. The average molecular weight is 239 g/mol. The summed E-state index contributed by atoms with van der Waals surface area (Å²) in [7, 11) is 3.44. The molecule has 17 heavy (non-hydrogen) atoms. The highest BCUT2D eigenvalue weighted by atomic mass is 16.5. The van der Waals surface area contributed by atoms with Gasteiger partial charge in [0.25, 0.3) is 0 Å². The SMILES string of the molecule is CCCCCOc1cc(NC)nc(COC)n1. The fourth-order valence-corrected chi connectivity index (χ4v) is 1.40.